The van der Waals surface area contributed by atoms with Gasteiger partial charge >= 0.3 is 0 Å². The van der Waals surface area contributed by atoms with Crippen molar-refractivity contribution in [3.05, 3.63) is 70.9 Å². The number of rotatable bonds is 5. The lowest BCUT2D eigenvalue weighted by atomic mass is 10.2. The minimum absolute atomic E-state index is 0.344. The summed E-state index contributed by atoms with van der Waals surface area (Å²) >= 11 is 4.75. The average molecular weight is 432 g/mol. The second-order valence-corrected chi connectivity index (χ2v) is 7.15. The van der Waals surface area contributed by atoms with Crippen LogP contribution < -0.4 is 0 Å². The van der Waals surface area contributed by atoms with E-state index in [0.29, 0.717) is 34.0 Å². The zero-order chi connectivity index (χ0) is 17.9. The first-order chi connectivity index (χ1) is 12.7. The monoisotopic (exact) mass is 431 g/mol. The van der Waals surface area contributed by atoms with Crippen molar-refractivity contribution in [1.82, 2.24) is 15.1 Å². The van der Waals surface area contributed by atoms with E-state index < -0.39 is 0 Å². The van der Waals surface area contributed by atoms with Crippen LogP contribution in [0.2, 0.25) is 0 Å². The summed E-state index contributed by atoms with van der Waals surface area (Å²) in [5, 5.41) is 4.39. The maximum absolute atomic E-state index is 13.3. The number of benzene rings is 2. The van der Waals surface area contributed by atoms with Gasteiger partial charge in [0.1, 0.15) is 5.82 Å². The Morgan fingerprint density at radius 3 is 2.73 bits per heavy atom. The Bertz CT molecular complexity index is 1030. The van der Waals surface area contributed by atoms with E-state index in [-0.39, 0.29) is 5.82 Å². The molecule has 2 heterocycles. The molecule has 4 rings (SSSR count). The van der Waals surface area contributed by atoms with Crippen molar-refractivity contribution in [3.8, 4) is 22.7 Å². The Hall–Kier alpha value is -2.45. The minimum Gasteiger partial charge on any atom is -0.431 e. The lowest BCUT2D eigenvalue weighted by Gasteiger charge is -1.96. The molecule has 26 heavy (non-hydrogen) atoms. The van der Waals surface area contributed by atoms with Gasteiger partial charge in [0.2, 0.25) is 11.7 Å². The van der Waals surface area contributed by atoms with Crippen LogP contribution in [0.4, 0.5) is 4.39 Å². The van der Waals surface area contributed by atoms with Gasteiger partial charge in [-0.25, -0.2) is 9.37 Å². The normalized spacial score (nSPS) is 11.0. The van der Waals surface area contributed by atoms with Gasteiger partial charge in [-0.2, -0.15) is 4.98 Å². The van der Waals surface area contributed by atoms with Crippen molar-refractivity contribution >= 4 is 27.7 Å². The number of oxazole rings is 1. The van der Waals surface area contributed by atoms with Crippen LogP contribution >= 0.6 is 27.7 Å². The summed E-state index contributed by atoms with van der Waals surface area (Å²) in [4.78, 5) is 8.52. The summed E-state index contributed by atoms with van der Waals surface area (Å²) in [7, 11) is 0. The second kappa shape index (κ2) is 7.43. The molecule has 0 N–H and O–H groups in total. The van der Waals surface area contributed by atoms with Crippen molar-refractivity contribution in [2.75, 3.05) is 0 Å². The first-order valence-electron chi connectivity index (χ1n) is 7.60. The number of aromatic nitrogens is 3. The summed E-state index contributed by atoms with van der Waals surface area (Å²) < 4.78 is 25.2. The van der Waals surface area contributed by atoms with E-state index in [9.17, 15) is 4.39 Å². The summed E-state index contributed by atoms with van der Waals surface area (Å²) in [6.45, 7) is 0. The molecule has 2 aromatic heterocycles. The fraction of sp³-hybridized carbons (Fsp3) is 0.0556. The van der Waals surface area contributed by atoms with Crippen LogP contribution in [0.1, 0.15) is 5.89 Å². The molecule has 0 fully saturated rings. The van der Waals surface area contributed by atoms with Crippen molar-refractivity contribution in [2.45, 2.75) is 11.0 Å². The van der Waals surface area contributed by atoms with Crippen LogP contribution in [0, 0.1) is 5.82 Å². The van der Waals surface area contributed by atoms with Crippen molar-refractivity contribution in [2.24, 2.45) is 0 Å². The first kappa shape index (κ1) is 17.0. The van der Waals surface area contributed by atoms with Gasteiger partial charge in [0.25, 0.3) is 5.22 Å². The Morgan fingerprint density at radius 1 is 1.08 bits per heavy atom. The molecule has 5 nitrogen and oxygen atoms in total. The molecule has 0 aliphatic rings. The third-order valence-corrected chi connectivity index (χ3v) is 4.84. The summed E-state index contributed by atoms with van der Waals surface area (Å²) in [6, 6.07) is 13.8. The molecular weight excluding hydrogens is 421 g/mol. The molecule has 8 heteroatoms. The molecule has 0 atom stereocenters. The van der Waals surface area contributed by atoms with Crippen LogP contribution in [0.5, 0.6) is 0 Å². The van der Waals surface area contributed by atoms with Crippen LogP contribution in [-0.4, -0.2) is 15.1 Å². The standard InChI is InChI=1S/C18H11BrFN3O2S/c19-13-6-4-11(5-7-13)15-9-21-18(24-15)26-10-16-22-17(23-25-16)12-2-1-3-14(20)8-12/h1-9H,10H2. The highest BCUT2D eigenvalue weighted by Gasteiger charge is 2.12. The van der Waals surface area contributed by atoms with Gasteiger partial charge in [0.05, 0.1) is 11.9 Å². The van der Waals surface area contributed by atoms with E-state index in [1.807, 2.05) is 24.3 Å². The van der Waals surface area contributed by atoms with Crippen molar-refractivity contribution in [3.63, 3.8) is 0 Å². The van der Waals surface area contributed by atoms with Crippen LogP contribution in [0.15, 0.2) is 73.4 Å². The molecule has 0 bridgehead atoms. The highest BCUT2D eigenvalue weighted by Crippen LogP contribution is 2.28. The van der Waals surface area contributed by atoms with E-state index in [4.69, 9.17) is 8.94 Å². The van der Waals surface area contributed by atoms with Gasteiger partial charge in [-0.1, -0.05) is 57.1 Å². The number of nitrogens with zero attached hydrogens (tertiary/aromatic N) is 3. The third kappa shape index (κ3) is 3.86. The second-order valence-electron chi connectivity index (χ2n) is 5.31. The smallest absolute Gasteiger partial charge is 0.256 e. The average Bonchev–Trinajstić information content (AvgIpc) is 3.30. The van der Waals surface area contributed by atoms with E-state index in [1.165, 1.54) is 23.9 Å². The molecule has 0 spiro atoms. The van der Waals surface area contributed by atoms with Crippen molar-refractivity contribution < 1.29 is 13.3 Å². The zero-order valence-electron chi connectivity index (χ0n) is 13.2. The van der Waals surface area contributed by atoms with E-state index >= 15 is 0 Å². The predicted octanol–water partition coefficient (Wildman–Crippen LogP) is 5.59. The molecule has 0 aliphatic carbocycles. The van der Waals surface area contributed by atoms with Crippen molar-refractivity contribution in [1.29, 1.82) is 0 Å². The van der Waals surface area contributed by atoms with Crippen LogP contribution in [-0.2, 0) is 5.75 Å². The Kier molecular flexibility index (Phi) is 4.85. The Morgan fingerprint density at radius 2 is 1.92 bits per heavy atom. The summed E-state index contributed by atoms with van der Waals surface area (Å²) in [5.74, 6) is 1.51. The molecule has 2 aromatic carbocycles. The fourth-order valence-electron chi connectivity index (χ4n) is 2.25. The minimum atomic E-state index is -0.344. The molecule has 0 amide bonds. The maximum Gasteiger partial charge on any atom is 0.256 e. The van der Waals surface area contributed by atoms with E-state index in [1.54, 1.807) is 18.3 Å². The highest BCUT2D eigenvalue weighted by atomic mass is 79.9. The SMILES string of the molecule is Fc1cccc(-c2noc(CSc3ncc(-c4ccc(Br)cc4)o3)n2)c1. The van der Waals surface area contributed by atoms with Gasteiger partial charge < -0.3 is 8.94 Å². The molecule has 0 unspecified atom stereocenters. The first-order valence-corrected chi connectivity index (χ1v) is 9.38. The van der Waals surface area contributed by atoms with Gasteiger partial charge in [-0.15, -0.1) is 0 Å². The largest absolute Gasteiger partial charge is 0.431 e. The number of halogens is 2. The highest BCUT2D eigenvalue weighted by molar-refractivity contribution is 9.10. The van der Waals surface area contributed by atoms with Gasteiger partial charge in [-0.3, -0.25) is 0 Å². The number of thioether (sulfide) groups is 1. The Labute approximate surface area is 160 Å². The van der Waals surface area contributed by atoms with Crippen LogP contribution in [0.3, 0.4) is 0 Å². The third-order valence-electron chi connectivity index (χ3n) is 3.48. The summed E-state index contributed by atoms with van der Waals surface area (Å²) in [5.41, 5.74) is 1.51. The van der Waals surface area contributed by atoms with Crippen LogP contribution in [0.25, 0.3) is 22.7 Å². The molecule has 0 saturated carbocycles. The molecule has 0 radical (unpaired) electrons. The molecule has 130 valence electrons. The number of hydrogen-bond donors (Lipinski definition) is 0. The quantitative estimate of drug-likeness (QED) is 0.384. The molecular formula is C18H11BrFN3O2S. The molecule has 0 saturated heterocycles. The van der Waals surface area contributed by atoms with Gasteiger partial charge in [-0.05, 0) is 24.3 Å². The predicted molar refractivity (Wildman–Crippen MR) is 98.9 cm³/mol. The lowest BCUT2D eigenvalue weighted by molar-refractivity contribution is 0.391. The number of hydrogen-bond acceptors (Lipinski definition) is 6. The fourth-order valence-corrected chi connectivity index (χ4v) is 3.16. The summed E-state index contributed by atoms with van der Waals surface area (Å²) in [6.07, 6.45) is 1.68. The lowest BCUT2D eigenvalue weighted by Crippen LogP contribution is -1.84. The Balaban J connectivity index is 1.43. The van der Waals surface area contributed by atoms with E-state index in [2.05, 4.69) is 31.1 Å². The maximum atomic E-state index is 13.3. The molecule has 0 aliphatic heterocycles. The van der Waals surface area contributed by atoms with Gasteiger partial charge in [0, 0.05) is 15.6 Å². The van der Waals surface area contributed by atoms with Gasteiger partial charge in [0.15, 0.2) is 5.76 Å². The topological polar surface area (TPSA) is 65.0 Å². The van der Waals surface area contributed by atoms with E-state index in [0.717, 1.165) is 10.0 Å². The molecule has 4 aromatic rings. The zero-order valence-corrected chi connectivity index (χ0v) is 15.6.